The number of nitrogens with zero attached hydrogens (tertiary/aromatic N) is 1. The van der Waals surface area contributed by atoms with Crippen LogP contribution in [0.15, 0.2) is 30.5 Å². The molecule has 0 fully saturated rings. The Kier molecular flexibility index (Phi) is 5.01. The van der Waals surface area contributed by atoms with Crippen molar-refractivity contribution in [3.8, 4) is 0 Å². The number of aromatic nitrogens is 1. The van der Waals surface area contributed by atoms with E-state index in [2.05, 4.69) is 17.2 Å². The Labute approximate surface area is 121 Å². The maximum Gasteiger partial charge on any atom is 0.0991 e. The summed E-state index contributed by atoms with van der Waals surface area (Å²) in [5, 5.41) is 3.43. The maximum atomic E-state index is 6.12. The van der Waals surface area contributed by atoms with Gasteiger partial charge in [0.05, 0.1) is 8.67 Å². The second kappa shape index (κ2) is 6.53. The largest absolute Gasteiger partial charge is 0.310 e. The summed E-state index contributed by atoms with van der Waals surface area (Å²) in [6, 6.07) is 8.08. The van der Waals surface area contributed by atoms with Gasteiger partial charge in [0.25, 0.3) is 0 Å². The molecule has 1 atom stereocenters. The fourth-order valence-corrected chi connectivity index (χ4v) is 3.37. The number of rotatable bonds is 5. The average Bonchev–Trinajstić information content (AvgIpc) is 2.70. The molecular weight excluding hydrogens is 287 g/mol. The molecule has 18 heavy (non-hydrogen) atoms. The molecule has 5 heteroatoms. The summed E-state index contributed by atoms with van der Waals surface area (Å²) in [4.78, 5) is 4.28. The predicted molar refractivity (Wildman–Crippen MR) is 78.7 cm³/mol. The van der Waals surface area contributed by atoms with E-state index in [1.165, 1.54) is 11.3 Å². The minimum absolute atomic E-state index is 0.199. The molecule has 1 N–H and O–H groups in total. The highest BCUT2D eigenvalue weighted by Gasteiger charge is 2.12. The SMILES string of the molecule is CC(NCCc1ccccn1)c1cc(Cl)sc1Cl. The zero-order valence-electron chi connectivity index (χ0n) is 9.99. The Morgan fingerprint density at radius 1 is 1.39 bits per heavy atom. The van der Waals surface area contributed by atoms with Crippen LogP contribution < -0.4 is 5.32 Å². The van der Waals surface area contributed by atoms with Crippen LogP contribution in [0.2, 0.25) is 8.67 Å². The molecule has 2 aromatic heterocycles. The summed E-state index contributed by atoms with van der Waals surface area (Å²) >= 11 is 13.5. The number of hydrogen-bond donors (Lipinski definition) is 1. The molecule has 96 valence electrons. The average molecular weight is 301 g/mol. The van der Waals surface area contributed by atoms with Crippen LogP contribution in [0.25, 0.3) is 0 Å². The van der Waals surface area contributed by atoms with Gasteiger partial charge in [-0.05, 0) is 30.7 Å². The van der Waals surface area contributed by atoms with E-state index < -0.39 is 0 Å². The Morgan fingerprint density at radius 2 is 2.22 bits per heavy atom. The van der Waals surface area contributed by atoms with Crippen molar-refractivity contribution in [2.24, 2.45) is 0 Å². The van der Waals surface area contributed by atoms with Crippen LogP contribution in [0.4, 0.5) is 0 Å². The molecule has 2 aromatic rings. The van der Waals surface area contributed by atoms with Gasteiger partial charge in [0.1, 0.15) is 0 Å². The molecule has 0 radical (unpaired) electrons. The number of nitrogens with one attached hydrogen (secondary N) is 1. The van der Waals surface area contributed by atoms with Crippen LogP contribution in [-0.4, -0.2) is 11.5 Å². The molecule has 0 aliphatic rings. The molecule has 0 spiro atoms. The second-order valence-electron chi connectivity index (χ2n) is 4.03. The quantitative estimate of drug-likeness (QED) is 0.888. The van der Waals surface area contributed by atoms with Gasteiger partial charge in [-0.25, -0.2) is 0 Å². The molecule has 2 nitrogen and oxygen atoms in total. The third-order valence-electron chi connectivity index (χ3n) is 2.71. The van der Waals surface area contributed by atoms with E-state index in [1.807, 2.05) is 30.5 Å². The molecule has 2 rings (SSSR count). The first-order valence-electron chi connectivity index (χ1n) is 5.75. The molecule has 0 saturated carbocycles. The van der Waals surface area contributed by atoms with Crippen molar-refractivity contribution in [2.75, 3.05) is 6.54 Å². The lowest BCUT2D eigenvalue weighted by Crippen LogP contribution is -2.21. The van der Waals surface area contributed by atoms with E-state index in [9.17, 15) is 0 Å². The summed E-state index contributed by atoms with van der Waals surface area (Å²) in [5.41, 5.74) is 2.15. The molecule has 0 aliphatic heterocycles. The number of hydrogen-bond acceptors (Lipinski definition) is 3. The van der Waals surface area contributed by atoms with E-state index in [4.69, 9.17) is 23.2 Å². The first-order valence-corrected chi connectivity index (χ1v) is 7.32. The molecule has 0 bridgehead atoms. The fourth-order valence-electron chi connectivity index (χ4n) is 1.72. The van der Waals surface area contributed by atoms with Crippen LogP contribution in [0.5, 0.6) is 0 Å². The first-order chi connectivity index (χ1) is 8.66. The normalized spacial score (nSPS) is 12.6. The van der Waals surface area contributed by atoms with Crippen LogP contribution >= 0.6 is 34.5 Å². The molecular formula is C13H14Cl2N2S. The standard InChI is InChI=1S/C13H14Cl2N2S/c1-9(11-8-12(14)18-13(11)15)16-7-5-10-4-2-3-6-17-10/h2-4,6,8-9,16H,5,7H2,1H3. The Bertz CT molecular complexity index is 499. The smallest absolute Gasteiger partial charge is 0.0991 e. The lowest BCUT2D eigenvalue weighted by Gasteiger charge is -2.12. The van der Waals surface area contributed by atoms with Gasteiger partial charge in [-0.2, -0.15) is 0 Å². The van der Waals surface area contributed by atoms with E-state index >= 15 is 0 Å². The van der Waals surface area contributed by atoms with Crippen molar-refractivity contribution < 1.29 is 0 Å². The van der Waals surface area contributed by atoms with Gasteiger partial charge in [0.2, 0.25) is 0 Å². The Morgan fingerprint density at radius 3 is 2.83 bits per heavy atom. The lowest BCUT2D eigenvalue weighted by molar-refractivity contribution is 0.575. The van der Waals surface area contributed by atoms with Gasteiger partial charge in [-0.1, -0.05) is 29.3 Å². The second-order valence-corrected chi connectivity index (χ2v) is 6.31. The monoisotopic (exact) mass is 300 g/mol. The topological polar surface area (TPSA) is 24.9 Å². The van der Waals surface area contributed by atoms with Gasteiger partial charge >= 0.3 is 0 Å². The van der Waals surface area contributed by atoms with Gasteiger partial charge in [0.15, 0.2) is 0 Å². The highest BCUT2D eigenvalue weighted by atomic mass is 35.5. The zero-order valence-corrected chi connectivity index (χ0v) is 12.3. The molecule has 0 amide bonds. The third-order valence-corrected chi connectivity index (χ3v) is 4.23. The van der Waals surface area contributed by atoms with Crippen molar-refractivity contribution >= 4 is 34.5 Å². The van der Waals surface area contributed by atoms with Crippen molar-refractivity contribution in [1.29, 1.82) is 0 Å². The predicted octanol–water partition coefficient (Wildman–Crippen LogP) is 4.34. The van der Waals surface area contributed by atoms with Gasteiger partial charge in [0, 0.05) is 30.9 Å². The minimum atomic E-state index is 0.199. The highest BCUT2D eigenvalue weighted by molar-refractivity contribution is 7.20. The number of pyridine rings is 1. The van der Waals surface area contributed by atoms with Crippen molar-refractivity contribution in [3.05, 3.63) is 50.4 Å². The van der Waals surface area contributed by atoms with Crippen LogP contribution in [0.1, 0.15) is 24.2 Å². The van der Waals surface area contributed by atoms with Crippen LogP contribution in [0, 0.1) is 0 Å². The first kappa shape index (κ1) is 13.8. The summed E-state index contributed by atoms with van der Waals surface area (Å²) in [6.07, 6.45) is 2.72. The summed E-state index contributed by atoms with van der Waals surface area (Å²) in [6.45, 7) is 2.95. The van der Waals surface area contributed by atoms with E-state index in [-0.39, 0.29) is 6.04 Å². The number of thiophene rings is 1. The molecule has 2 heterocycles. The Balaban J connectivity index is 1.85. The highest BCUT2D eigenvalue weighted by Crippen LogP contribution is 2.34. The fraction of sp³-hybridized carbons (Fsp3) is 0.308. The third kappa shape index (κ3) is 3.69. The van der Waals surface area contributed by atoms with E-state index in [1.54, 1.807) is 0 Å². The van der Waals surface area contributed by atoms with Crippen molar-refractivity contribution in [2.45, 2.75) is 19.4 Å². The van der Waals surface area contributed by atoms with E-state index in [0.29, 0.717) is 0 Å². The number of halogens is 2. The maximum absolute atomic E-state index is 6.12. The summed E-state index contributed by atoms with van der Waals surface area (Å²) < 4.78 is 1.49. The van der Waals surface area contributed by atoms with Gasteiger partial charge in [-0.3, -0.25) is 4.98 Å². The summed E-state index contributed by atoms with van der Waals surface area (Å²) in [7, 11) is 0. The molecule has 0 aromatic carbocycles. The van der Waals surface area contributed by atoms with Crippen molar-refractivity contribution in [3.63, 3.8) is 0 Å². The summed E-state index contributed by atoms with van der Waals surface area (Å²) in [5.74, 6) is 0. The lowest BCUT2D eigenvalue weighted by atomic mass is 10.2. The zero-order chi connectivity index (χ0) is 13.0. The minimum Gasteiger partial charge on any atom is -0.310 e. The van der Waals surface area contributed by atoms with Crippen LogP contribution in [-0.2, 0) is 6.42 Å². The Hall–Kier alpha value is -0.610. The van der Waals surface area contributed by atoms with Crippen molar-refractivity contribution in [1.82, 2.24) is 10.3 Å². The molecule has 1 unspecified atom stereocenters. The van der Waals surface area contributed by atoms with Crippen LogP contribution in [0.3, 0.4) is 0 Å². The van der Waals surface area contributed by atoms with Gasteiger partial charge < -0.3 is 5.32 Å². The molecule has 0 aliphatic carbocycles. The molecule has 0 saturated heterocycles. The van der Waals surface area contributed by atoms with E-state index in [0.717, 1.165) is 32.9 Å². The van der Waals surface area contributed by atoms with Gasteiger partial charge in [-0.15, -0.1) is 11.3 Å².